The van der Waals surface area contributed by atoms with Gasteiger partial charge in [-0.25, -0.2) is 0 Å². The minimum absolute atomic E-state index is 0.0372. The third kappa shape index (κ3) is 4.93. The zero-order chi connectivity index (χ0) is 21.8. The van der Waals surface area contributed by atoms with Crippen LogP contribution in [0.25, 0.3) is 17.1 Å². The number of Topliss-reactive ketones (excluding diaryl/α,β-unsaturated/α-hetero) is 1. The van der Waals surface area contributed by atoms with Crippen molar-refractivity contribution < 1.29 is 9.53 Å². The molecule has 8 heteroatoms. The monoisotopic (exact) mass is 469 g/mol. The number of hydrogen-bond acceptors (Lipinski definition) is 5. The van der Waals surface area contributed by atoms with E-state index in [0.29, 0.717) is 26.6 Å². The van der Waals surface area contributed by atoms with Gasteiger partial charge in [-0.15, -0.1) is 10.2 Å². The molecule has 0 aliphatic heterocycles. The highest BCUT2D eigenvalue weighted by Gasteiger charge is 2.18. The Hall–Kier alpha value is -2.80. The van der Waals surface area contributed by atoms with Gasteiger partial charge >= 0.3 is 0 Å². The Balaban J connectivity index is 1.68. The second-order valence-electron chi connectivity index (χ2n) is 6.57. The van der Waals surface area contributed by atoms with Crippen LogP contribution in [0.4, 0.5) is 0 Å². The first-order chi connectivity index (χ1) is 15.0. The van der Waals surface area contributed by atoms with Crippen molar-refractivity contribution in [1.82, 2.24) is 14.8 Å². The van der Waals surface area contributed by atoms with Crippen LogP contribution in [0.5, 0.6) is 5.75 Å². The summed E-state index contributed by atoms with van der Waals surface area (Å²) in [7, 11) is 1.62. The van der Waals surface area contributed by atoms with Gasteiger partial charge in [0.05, 0.1) is 12.9 Å². The summed E-state index contributed by atoms with van der Waals surface area (Å²) in [5.41, 5.74) is 2.28. The van der Waals surface area contributed by atoms with Crippen LogP contribution in [0.1, 0.15) is 10.4 Å². The van der Waals surface area contributed by atoms with Crippen molar-refractivity contribution in [2.45, 2.75) is 5.16 Å². The van der Waals surface area contributed by atoms with E-state index in [1.807, 2.05) is 41.0 Å². The Kier molecular flexibility index (Phi) is 6.61. The molecule has 5 nitrogen and oxygen atoms in total. The smallest absolute Gasteiger partial charge is 0.196 e. The number of carbonyl (C=O) groups is 1. The van der Waals surface area contributed by atoms with Gasteiger partial charge in [-0.3, -0.25) is 9.36 Å². The number of carbonyl (C=O) groups excluding carboxylic acids is 1. The van der Waals surface area contributed by atoms with Gasteiger partial charge in [0.2, 0.25) is 0 Å². The highest BCUT2D eigenvalue weighted by molar-refractivity contribution is 7.99. The summed E-state index contributed by atoms with van der Waals surface area (Å²) in [5.74, 6) is 1.56. The molecule has 1 heterocycles. The zero-order valence-corrected chi connectivity index (χ0v) is 18.8. The Morgan fingerprint density at radius 1 is 0.968 bits per heavy atom. The summed E-state index contributed by atoms with van der Waals surface area (Å²) in [6.45, 7) is 0. The number of ketones is 1. The van der Waals surface area contributed by atoms with Crippen LogP contribution in [0.15, 0.2) is 78.0 Å². The van der Waals surface area contributed by atoms with E-state index < -0.39 is 0 Å². The van der Waals surface area contributed by atoms with Gasteiger partial charge in [-0.05, 0) is 60.7 Å². The zero-order valence-electron chi connectivity index (χ0n) is 16.5. The largest absolute Gasteiger partial charge is 0.497 e. The molecule has 0 fully saturated rings. The third-order valence-corrected chi connectivity index (χ3v) is 5.96. The molecule has 4 rings (SSSR count). The fourth-order valence-corrected chi connectivity index (χ4v) is 4.15. The molecule has 4 aromatic rings. The van der Waals surface area contributed by atoms with Gasteiger partial charge in [0, 0.05) is 26.9 Å². The average molecular weight is 470 g/mol. The summed E-state index contributed by atoms with van der Waals surface area (Å²) in [6.07, 6.45) is 0. The highest BCUT2D eigenvalue weighted by atomic mass is 35.5. The summed E-state index contributed by atoms with van der Waals surface area (Å²) in [6, 6.07) is 21.9. The van der Waals surface area contributed by atoms with Gasteiger partial charge in [-0.1, -0.05) is 47.1 Å². The van der Waals surface area contributed by atoms with Crippen molar-refractivity contribution in [3.05, 3.63) is 88.4 Å². The molecular formula is C23H17Cl2N3O2S. The van der Waals surface area contributed by atoms with Crippen molar-refractivity contribution in [2.24, 2.45) is 0 Å². The van der Waals surface area contributed by atoms with Crippen LogP contribution in [0.3, 0.4) is 0 Å². The minimum atomic E-state index is -0.0372. The molecule has 0 aliphatic rings. The number of rotatable bonds is 7. The molecule has 156 valence electrons. The maximum Gasteiger partial charge on any atom is 0.196 e. The van der Waals surface area contributed by atoms with Crippen molar-refractivity contribution in [3.8, 4) is 22.8 Å². The van der Waals surface area contributed by atoms with Crippen LogP contribution < -0.4 is 4.74 Å². The summed E-state index contributed by atoms with van der Waals surface area (Å²) < 4.78 is 7.18. The molecule has 0 radical (unpaired) electrons. The fraction of sp³-hybridized carbons (Fsp3) is 0.0870. The SMILES string of the molecule is COc1ccc(-n2c(SCC(=O)c3cccc(Cl)c3)nnc2-c2ccc(Cl)cc2)cc1. The standard InChI is InChI=1S/C23H17Cl2N3O2S/c1-30-20-11-9-19(10-12-20)28-22(15-5-7-17(24)8-6-15)26-27-23(28)31-14-21(29)16-3-2-4-18(25)13-16/h2-13H,14H2,1H3. The minimum Gasteiger partial charge on any atom is -0.497 e. The molecule has 3 aromatic carbocycles. The van der Waals surface area contributed by atoms with Gasteiger partial charge in [0.25, 0.3) is 0 Å². The summed E-state index contributed by atoms with van der Waals surface area (Å²) in [4.78, 5) is 12.6. The van der Waals surface area contributed by atoms with E-state index in [4.69, 9.17) is 27.9 Å². The number of nitrogens with zero attached hydrogens (tertiary/aromatic N) is 3. The van der Waals surface area contributed by atoms with Crippen molar-refractivity contribution in [3.63, 3.8) is 0 Å². The lowest BCUT2D eigenvalue weighted by molar-refractivity contribution is 0.102. The van der Waals surface area contributed by atoms with Crippen molar-refractivity contribution in [2.75, 3.05) is 12.9 Å². The van der Waals surface area contributed by atoms with Crippen LogP contribution in [-0.2, 0) is 0 Å². The highest BCUT2D eigenvalue weighted by Crippen LogP contribution is 2.30. The second kappa shape index (κ2) is 9.56. The third-order valence-electron chi connectivity index (χ3n) is 4.55. The number of thioether (sulfide) groups is 1. The van der Waals surface area contributed by atoms with E-state index in [9.17, 15) is 4.79 Å². The van der Waals surface area contributed by atoms with Gasteiger partial charge in [0.15, 0.2) is 16.8 Å². The van der Waals surface area contributed by atoms with E-state index in [0.717, 1.165) is 17.0 Å². The molecule has 0 aliphatic carbocycles. The number of hydrogen-bond donors (Lipinski definition) is 0. The normalized spacial score (nSPS) is 10.8. The van der Waals surface area contributed by atoms with Crippen molar-refractivity contribution >= 4 is 40.7 Å². The molecule has 0 unspecified atom stereocenters. The summed E-state index contributed by atoms with van der Waals surface area (Å²) >= 11 is 13.4. The second-order valence-corrected chi connectivity index (χ2v) is 8.38. The Bertz CT molecular complexity index is 1210. The number of benzene rings is 3. The van der Waals surface area contributed by atoms with E-state index >= 15 is 0 Å². The number of aromatic nitrogens is 3. The first-order valence-corrected chi connectivity index (χ1v) is 11.1. The molecule has 0 amide bonds. The molecule has 0 saturated carbocycles. The van der Waals surface area contributed by atoms with E-state index in [1.54, 1.807) is 43.5 Å². The Labute approximate surface area is 194 Å². The molecular weight excluding hydrogens is 453 g/mol. The van der Waals surface area contributed by atoms with Crippen LogP contribution >= 0.6 is 35.0 Å². The first kappa shape index (κ1) is 21.4. The molecule has 0 atom stereocenters. The predicted molar refractivity (Wildman–Crippen MR) is 125 cm³/mol. The van der Waals surface area contributed by atoms with Gasteiger partial charge < -0.3 is 4.74 Å². The predicted octanol–water partition coefficient (Wildman–Crippen LogP) is 6.22. The maximum atomic E-state index is 12.6. The maximum absolute atomic E-state index is 12.6. The van der Waals surface area contributed by atoms with E-state index in [2.05, 4.69) is 10.2 Å². The molecule has 0 saturated heterocycles. The quantitative estimate of drug-likeness (QED) is 0.237. The number of methoxy groups -OCH3 is 1. The average Bonchev–Trinajstić information content (AvgIpc) is 3.22. The van der Waals surface area contributed by atoms with Crippen LogP contribution in [0, 0.1) is 0 Å². The van der Waals surface area contributed by atoms with Crippen LogP contribution in [-0.4, -0.2) is 33.4 Å². The molecule has 0 spiro atoms. The van der Waals surface area contributed by atoms with Crippen LogP contribution in [0.2, 0.25) is 10.0 Å². The molecule has 0 N–H and O–H groups in total. The lowest BCUT2D eigenvalue weighted by Gasteiger charge is -2.11. The molecule has 31 heavy (non-hydrogen) atoms. The van der Waals surface area contributed by atoms with Gasteiger partial charge in [0.1, 0.15) is 5.75 Å². The van der Waals surface area contributed by atoms with Crippen molar-refractivity contribution in [1.29, 1.82) is 0 Å². The molecule has 0 bridgehead atoms. The Morgan fingerprint density at radius 3 is 2.39 bits per heavy atom. The lowest BCUT2D eigenvalue weighted by atomic mass is 10.1. The number of ether oxygens (including phenoxy) is 1. The van der Waals surface area contributed by atoms with E-state index in [-0.39, 0.29) is 11.5 Å². The fourth-order valence-electron chi connectivity index (χ4n) is 2.99. The van der Waals surface area contributed by atoms with E-state index in [1.165, 1.54) is 11.8 Å². The topological polar surface area (TPSA) is 57.0 Å². The summed E-state index contributed by atoms with van der Waals surface area (Å²) in [5, 5.41) is 10.5. The van der Waals surface area contributed by atoms with Gasteiger partial charge in [-0.2, -0.15) is 0 Å². The Morgan fingerprint density at radius 2 is 1.71 bits per heavy atom. The molecule has 1 aromatic heterocycles. The first-order valence-electron chi connectivity index (χ1n) is 9.32. The lowest BCUT2D eigenvalue weighted by Crippen LogP contribution is -2.05. The number of halogens is 2.